The van der Waals surface area contributed by atoms with E-state index in [4.69, 9.17) is 5.73 Å². The maximum atomic E-state index is 5.66. The van der Waals surface area contributed by atoms with Crippen molar-refractivity contribution in [2.75, 3.05) is 11.1 Å². The number of hydrogen-bond donors (Lipinski definition) is 2. The highest BCUT2D eigenvalue weighted by molar-refractivity contribution is 5.38. The monoisotopic (exact) mass is 229 g/mol. The van der Waals surface area contributed by atoms with Gasteiger partial charge in [-0.05, 0) is 18.9 Å². The van der Waals surface area contributed by atoms with Crippen molar-refractivity contribution in [2.24, 2.45) is 0 Å². The number of fused-ring (bicyclic) bond motifs is 1. The van der Waals surface area contributed by atoms with Crippen LogP contribution in [-0.4, -0.2) is 20.8 Å². The second-order valence-electron chi connectivity index (χ2n) is 4.45. The number of rotatable bonds is 1. The molecule has 0 saturated carbocycles. The van der Waals surface area contributed by atoms with Gasteiger partial charge in [-0.3, -0.25) is 0 Å². The quantitative estimate of drug-likeness (QED) is 0.780. The number of hydrogen-bond acceptors (Lipinski definition) is 4. The summed E-state index contributed by atoms with van der Waals surface area (Å²) in [7, 11) is 0. The molecule has 1 aliphatic rings. The lowest BCUT2D eigenvalue weighted by Crippen LogP contribution is -2.31. The molecule has 0 aliphatic carbocycles. The van der Waals surface area contributed by atoms with Gasteiger partial charge in [0.15, 0.2) is 0 Å². The minimum atomic E-state index is 0.215. The fourth-order valence-electron chi connectivity index (χ4n) is 2.32. The zero-order valence-electron chi connectivity index (χ0n) is 9.67. The predicted molar refractivity (Wildman–Crippen MR) is 66.7 cm³/mol. The molecule has 2 atom stereocenters. The Balaban J connectivity index is 2.06. The summed E-state index contributed by atoms with van der Waals surface area (Å²) in [5, 5.41) is 7.55. The van der Waals surface area contributed by atoms with Gasteiger partial charge in [0.1, 0.15) is 0 Å². The van der Waals surface area contributed by atoms with E-state index in [9.17, 15) is 0 Å². The van der Waals surface area contributed by atoms with Crippen LogP contribution in [0.5, 0.6) is 0 Å². The number of nitrogens with zero attached hydrogens (tertiary/aromatic N) is 3. The van der Waals surface area contributed by atoms with Gasteiger partial charge in [-0.1, -0.05) is 30.3 Å². The van der Waals surface area contributed by atoms with Gasteiger partial charge in [0, 0.05) is 6.04 Å². The average Bonchev–Trinajstić information content (AvgIpc) is 2.69. The van der Waals surface area contributed by atoms with E-state index in [1.54, 1.807) is 0 Å². The first-order valence-corrected chi connectivity index (χ1v) is 5.77. The molecule has 3 rings (SSSR count). The largest absolute Gasteiger partial charge is 0.366 e. The van der Waals surface area contributed by atoms with E-state index in [0.717, 1.165) is 12.4 Å². The molecule has 0 amide bonds. The van der Waals surface area contributed by atoms with E-state index in [0.29, 0.717) is 12.0 Å². The first-order valence-electron chi connectivity index (χ1n) is 5.77. The van der Waals surface area contributed by atoms with Crippen molar-refractivity contribution in [1.29, 1.82) is 0 Å². The van der Waals surface area contributed by atoms with Crippen LogP contribution in [0.3, 0.4) is 0 Å². The molecule has 0 fully saturated rings. The van der Waals surface area contributed by atoms with Gasteiger partial charge in [0.25, 0.3) is 0 Å². The Morgan fingerprint density at radius 2 is 2.12 bits per heavy atom. The molecule has 88 valence electrons. The second kappa shape index (κ2) is 3.76. The third-order valence-electron chi connectivity index (χ3n) is 3.08. The van der Waals surface area contributed by atoms with E-state index in [1.165, 1.54) is 5.56 Å². The molecular weight excluding hydrogens is 214 g/mol. The van der Waals surface area contributed by atoms with Gasteiger partial charge in [0.2, 0.25) is 11.9 Å². The first-order chi connectivity index (χ1) is 8.24. The van der Waals surface area contributed by atoms with E-state index in [1.807, 2.05) is 22.9 Å². The lowest BCUT2D eigenvalue weighted by Gasteiger charge is -2.29. The topological polar surface area (TPSA) is 68.8 Å². The normalized spacial score (nSPS) is 22.9. The molecule has 0 unspecified atom stereocenters. The van der Waals surface area contributed by atoms with Crippen molar-refractivity contribution < 1.29 is 0 Å². The number of nitrogens with one attached hydrogen (secondary N) is 1. The van der Waals surface area contributed by atoms with Crippen LogP contribution in [0.2, 0.25) is 0 Å². The zero-order chi connectivity index (χ0) is 11.8. The molecule has 2 heterocycles. The highest BCUT2D eigenvalue weighted by Gasteiger charge is 2.27. The lowest BCUT2D eigenvalue weighted by molar-refractivity contribution is 0.438. The van der Waals surface area contributed by atoms with Crippen molar-refractivity contribution >= 4 is 11.9 Å². The van der Waals surface area contributed by atoms with Crippen LogP contribution < -0.4 is 11.1 Å². The Labute approximate surface area is 99.7 Å². The highest BCUT2D eigenvalue weighted by Crippen LogP contribution is 2.31. The molecule has 3 N–H and O–H groups in total. The van der Waals surface area contributed by atoms with Crippen LogP contribution in [0.1, 0.15) is 24.9 Å². The summed E-state index contributed by atoms with van der Waals surface area (Å²) in [5.74, 6) is 1.08. The Morgan fingerprint density at radius 3 is 2.88 bits per heavy atom. The molecular formula is C12H15N5. The maximum absolute atomic E-state index is 5.66. The molecule has 5 heteroatoms. The van der Waals surface area contributed by atoms with E-state index in [-0.39, 0.29) is 6.04 Å². The van der Waals surface area contributed by atoms with Crippen LogP contribution in [0.15, 0.2) is 30.3 Å². The van der Waals surface area contributed by atoms with Gasteiger partial charge in [0.05, 0.1) is 6.04 Å². The van der Waals surface area contributed by atoms with Crippen molar-refractivity contribution in [3.8, 4) is 0 Å². The number of nitrogens with two attached hydrogens (primary N) is 1. The van der Waals surface area contributed by atoms with Crippen molar-refractivity contribution in [2.45, 2.75) is 25.4 Å². The molecule has 1 aromatic carbocycles. The van der Waals surface area contributed by atoms with Gasteiger partial charge < -0.3 is 11.1 Å². The van der Waals surface area contributed by atoms with Gasteiger partial charge in [-0.15, -0.1) is 5.10 Å². The average molecular weight is 229 g/mol. The van der Waals surface area contributed by atoms with Gasteiger partial charge in [-0.2, -0.15) is 4.98 Å². The zero-order valence-corrected chi connectivity index (χ0v) is 9.67. The molecule has 1 aliphatic heterocycles. The SMILES string of the molecule is C[C@H]1C[C@@H](c2ccccc2)n2nc(N)nc2N1. The number of benzene rings is 1. The molecule has 17 heavy (non-hydrogen) atoms. The fraction of sp³-hybridized carbons (Fsp3) is 0.333. The van der Waals surface area contributed by atoms with E-state index >= 15 is 0 Å². The molecule has 0 bridgehead atoms. The molecule has 0 saturated heterocycles. The third-order valence-corrected chi connectivity index (χ3v) is 3.08. The summed E-state index contributed by atoms with van der Waals surface area (Å²) in [6.07, 6.45) is 0.986. The van der Waals surface area contributed by atoms with Crippen molar-refractivity contribution in [3.63, 3.8) is 0 Å². The maximum Gasteiger partial charge on any atom is 0.241 e. The minimum Gasteiger partial charge on any atom is -0.366 e. The molecule has 2 aromatic rings. The van der Waals surface area contributed by atoms with Crippen LogP contribution in [0.25, 0.3) is 0 Å². The van der Waals surface area contributed by atoms with Crippen LogP contribution in [0, 0.1) is 0 Å². The molecule has 1 aromatic heterocycles. The summed E-state index contributed by atoms with van der Waals surface area (Å²) >= 11 is 0. The Morgan fingerprint density at radius 1 is 1.35 bits per heavy atom. The van der Waals surface area contributed by atoms with Crippen LogP contribution in [0.4, 0.5) is 11.9 Å². The summed E-state index contributed by atoms with van der Waals surface area (Å²) in [5.41, 5.74) is 6.90. The third kappa shape index (κ3) is 1.73. The fourth-order valence-corrected chi connectivity index (χ4v) is 2.32. The number of anilines is 2. The summed E-state index contributed by atoms with van der Waals surface area (Å²) in [6, 6.07) is 10.9. The summed E-state index contributed by atoms with van der Waals surface area (Å²) in [4.78, 5) is 4.20. The predicted octanol–water partition coefficient (Wildman–Crippen LogP) is 1.65. The number of nitrogen functional groups attached to an aromatic ring is 1. The standard InChI is InChI=1S/C12H15N5/c1-8-7-10(9-5-3-2-4-6-9)17-12(14-8)15-11(13)16-17/h2-6,8,10H,7H2,1H3,(H3,13,14,15,16)/t8-,10-/m0/s1. The summed E-state index contributed by atoms with van der Waals surface area (Å²) < 4.78 is 1.88. The van der Waals surface area contributed by atoms with Gasteiger partial charge in [-0.25, -0.2) is 4.68 Å². The Bertz CT molecular complexity index is 519. The van der Waals surface area contributed by atoms with Crippen molar-refractivity contribution in [3.05, 3.63) is 35.9 Å². The molecule has 5 nitrogen and oxygen atoms in total. The van der Waals surface area contributed by atoms with Crippen LogP contribution >= 0.6 is 0 Å². The lowest BCUT2D eigenvalue weighted by atomic mass is 9.99. The summed E-state index contributed by atoms with van der Waals surface area (Å²) in [6.45, 7) is 2.14. The van der Waals surface area contributed by atoms with E-state index < -0.39 is 0 Å². The van der Waals surface area contributed by atoms with Crippen LogP contribution in [-0.2, 0) is 0 Å². The molecule has 0 radical (unpaired) electrons. The Hall–Kier alpha value is -2.04. The van der Waals surface area contributed by atoms with E-state index in [2.05, 4.69) is 34.5 Å². The smallest absolute Gasteiger partial charge is 0.241 e. The second-order valence-corrected chi connectivity index (χ2v) is 4.45. The van der Waals surface area contributed by atoms with Gasteiger partial charge >= 0.3 is 0 Å². The molecule has 0 spiro atoms. The minimum absolute atomic E-state index is 0.215. The van der Waals surface area contributed by atoms with Crippen molar-refractivity contribution in [1.82, 2.24) is 14.8 Å². The first kappa shape index (κ1) is 10.1. The Kier molecular flexibility index (Phi) is 2.24. The highest BCUT2D eigenvalue weighted by atomic mass is 15.4. The number of aromatic nitrogens is 3.